The molecule has 0 saturated heterocycles. The lowest BCUT2D eigenvalue weighted by Crippen LogP contribution is -2.40. The zero-order valence-electron chi connectivity index (χ0n) is 10.5. The molecule has 1 aromatic rings. The van der Waals surface area contributed by atoms with Gasteiger partial charge in [0.25, 0.3) is 0 Å². The average molecular weight is 268 g/mol. The first-order valence-electron chi connectivity index (χ1n) is 5.97. The Balaban J connectivity index is 2.48. The van der Waals surface area contributed by atoms with Crippen LogP contribution >= 0.6 is 0 Å². The number of aliphatic carboxylic acids is 2. The summed E-state index contributed by atoms with van der Waals surface area (Å²) in [5.41, 5.74) is -1.10. The van der Waals surface area contributed by atoms with Gasteiger partial charge in [-0.2, -0.15) is 0 Å². The SMILES string of the molecule is O=C(O)C1C=CC=CC1(C#Cc1ccccc1)C(=O)O. The molecule has 2 unspecified atom stereocenters. The van der Waals surface area contributed by atoms with E-state index >= 15 is 0 Å². The Kier molecular flexibility index (Phi) is 3.72. The molecule has 0 radical (unpaired) electrons. The summed E-state index contributed by atoms with van der Waals surface area (Å²) in [5, 5.41) is 18.6. The number of carboxylic acid groups (broad SMARTS) is 2. The normalized spacial score (nSPS) is 23.7. The van der Waals surface area contributed by atoms with Gasteiger partial charge in [-0.15, -0.1) is 0 Å². The molecule has 2 N–H and O–H groups in total. The average Bonchev–Trinajstić information content (AvgIpc) is 2.46. The van der Waals surface area contributed by atoms with Crippen LogP contribution in [0, 0.1) is 23.2 Å². The molecule has 0 bridgehead atoms. The first-order chi connectivity index (χ1) is 9.56. The van der Waals surface area contributed by atoms with Crippen LogP contribution in [0.3, 0.4) is 0 Å². The lowest BCUT2D eigenvalue weighted by Gasteiger charge is -2.26. The summed E-state index contributed by atoms with van der Waals surface area (Å²) in [5.74, 6) is 1.67. The Morgan fingerprint density at radius 1 is 1.10 bits per heavy atom. The van der Waals surface area contributed by atoms with E-state index in [-0.39, 0.29) is 0 Å². The van der Waals surface area contributed by atoms with Gasteiger partial charge >= 0.3 is 11.9 Å². The predicted molar refractivity (Wildman–Crippen MR) is 72.8 cm³/mol. The molecule has 2 atom stereocenters. The molecule has 1 aromatic carbocycles. The molecule has 0 spiro atoms. The Bertz CT molecular complexity index is 646. The van der Waals surface area contributed by atoms with Crippen molar-refractivity contribution >= 4 is 11.9 Å². The quantitative estimate of drug-likeness (QED) is 0.804. The van der Waals surface area contributed by atoms with E-state index in [1.54, 1.807) is 24.3 Å². The molecule has 4 nitrogen and oxygen atoms in total. The first-order valence-corrected chi connectivity index (χ1v) is 5.97. The molecular formula is C16H12O4. The largest absolute Gasteiger partial charge is 0.481 e. The lowest BCUT2D eigenvalue weighted by molar-refractivity contribution is -0.153. The maximum atomic E-state index is 11.6. The van der Waals surface area contributed by atoms with Gasteiger partial charge < -0.3 is 10.2 Å². The van der Waals surface area contributed by atoms with Crippen molar-refractivity contribution in [3.8, 4) is 11.8 Å². The summed E-state index contributed by atoms with van der Waals surface area (Å²) in [6, 6.07) is 8.86. The highest BCUT2D eigenvalue weighted by Gasteiger charge is 2.46. The Morgan fingerprint density at radius 3 is 2.40 bits per heavy atom. The van der Waals surface area contributed by atoms with Crippen molar-refractivity contribution in [2.24, 2.45) is 11.3 Å². The molecule has 0 heterocycles. The van der Waals surface area contributed by atoms with Gasteiger partial charge in [0.05, 0.1) is 0 Å². The minimum absolute atomic E-state index is 0.639. The fourth-order valence-electron chi connectivity index (χ4n) is 1.99. The van der Waals surface area contributed by atoms with Gasteiger partial charge in [-0.25, -0.2) is 0 Å². The van der Waals surface area contributed by atoms with Gasteiger partial charge in [0.1, 0.15) is 5.92 Å². The molecule has 0 aliphatic heterocycles. The van der Waals surface area contributed by atoms with Crippen molar-refractivity contribution in [1.82, 2.24) is 0 Å². The number of carboxylic acids is 2. The Labute approximate surface area is 116 Å². The Morgan fingerprint density at radius 2 is 1.80 bits per heavy atom. The zero-order chi connectivity index (χ0) is 14.6. The van der Waals surface area contributed by atoms with E-state index in [0.717, 1.165) is 0 Å². The number of allylic oxidation sites excluding steroid dienone is 2. The van der Waals surface area contributed by atoms with Crippen LogP contribution in [0.1, 0.15) is 5.56 Å². The van der Waals surface area contributed by atoms with E-state index in [1.165, 1.54) is 24.3 Å². The molecule has 0 fully saturated rings. The highest BCUT2D eigenvalue weighted by Crippen LogP contribution is 2.34. The molecule has 0 amide bonds. The van der Waals surface area contributed by atoms with Gasteiger partial charge in [-0.05, 0) is 12.1 Å². The smallest absolute Gasteiger partial charge is 0.327 e. The molecular weight excluding hydrogens is 256 g/mol. The minimum atomic E-state index is -1.74. The van der Waals surface area contributed by atoms with Crippen LogP contribution in [0.5, 0.6) is 0 Å². The molecule has 0 aromatic heterocycles. The third-order valence-electron chi connectivity index (χ3n) is 3.07. The van der Waals surface area contributed by atoms with Crippen molar-refractivity contribution in [2.45, 2.75) is 0 Å². The molecule has 0 saturated carbocycles. The van der Waals surface area contributed by atoms with Crippen molar-refractivity contribution in [3.05, 3.63) is 60.2 Å². The van der Waals surface area contributed by atoms with E-state index in [2.05, 4.69) is 11.8 Å². The van der Waals surface area contributed by atoms with Crippen molar-refractivity contribution in [2.75, 3.05) is 0 Å². The summed E-state index contributed by atoms with van der Waals surface area (Å²) in [7, 11) is 0. The van der Waals surface area contributed by atoms with Crippen LogP contribution in [0.2, 0.25) is 0 Å². The highest BCUT2D eigenvalue weighted by atomic mass is 16.4. The standard InChI is InChI=1S/C16H12O4/c17-14(18)13-8-4-5-10-16(13,15(19)20)11-9-12-6-2-1-3-7-12/h1-8,10,13H,(H,17,18)(H,19,20). The fraction of sp³-hybridized carbons (Fsp3) is 0.125. The van der Waals surface area contributed by atoms with E-state index in [4.69, 9.17) is 0 Å². The van der Waals surface area contributed by atoms with Gasteiger partial charge in [0.15, 0.2) is 5.41 Å². The van der Waals surface area contributed by atoms with Crippen molar-refractivity contribution in [1.29, 1.82) is 0 Å². The molecule has 1 aliphatic rings. The lowest BCUT2D eigenvalue weighted by atomic mass is 9.73. The van der Waals surface area contributed by atoms with Gasteiger partial charge in [-0.1, -0.05) is 54.3 Å². The molecule has 100 valence electrons. The number of hydrogen-bond donors (Lipinski definition) is 2. The number of carbonyl (C=O) groups is 2. The second kappa shape index (κ2) is 5.45. The second-order valence-electron chi connectivity index (χ2n) is 4.35. The topological polar surface area (TPSA) is 74.6 Å². The van der Waals surface area contributed by atoms with Crippen LogP contribution in [-0.4, -0.2) is 22.2 Å². The van der Waals surface area contributed by atoms with Crippen LogP contribution in [0.25, 0.3) is 0 Å². The maximum Gasteiger partial charge on any atom is 0.327 e. The van der Waals surface area contributed by atoms with E-state index < -0.39 is 23.3 Å². The summed E-state index contributed by atoms with van der Waals surface area (Å²) in [4.78, 5) is 22.8. The summed E-state index contributed by atoms with van der Waals surface area (Å²) in [6.45, 7) is 0. The van der Waals surface area contributed by atoms with Gasteiger partial charge in [0, 0.05) is 5.56 Å². The monoisotopic (exact) mass is 268 g/mol. The highest BCUT2D eigenvalue weighted by molar-refractivity contribution is 5.90. The minimum Gasteiger partial charge on any atom is -0.481 e. The summed E-state index contributed by atoms with van der Waals surface area (Å²) >= 11 is 0. The maximum absolute atomic E-state index is 11.6. The number of hydrogen-bond acceptors (Lipinski definition) is 2. The van der Waals surface area contributed by atoms with Crippen LogP contribution in [-0.2, 0) is 9.59 Å². The fourth-order valence-corrected chi connectivity index (χ4v) is 1.99. The third kappa shape index (κ3) is 2.47. The summed E-state index contributed by atoms with van der Waals surface area (Å²) < 4.78 is 0. The summed E-state index contributed by atoms with van der Waals surface area (Å²) in [6.07, 6.45) is 5.69. The van der Waals surface area contributed by atoms with Crippen molar-refractivity contribution in [3.63, 3.8) is 0 Å². The van der Waals surface area contributed by atoms with Crippen LogP contribution in [0.15, 0.2) is 54.6 Å². The van der Waals surface area contributed by atoms with Gasteiger partial charge in [-0.3, -0.25) is 9.59 Å². The van der Waals surface area contributed by atoms with E-state index in [9.17, 15) is 19.8 Å². The number of benzene rings is 1. The van der Waals surface area contributed by atoms with E-state index in [1.807, 2.05) is 6.07 Å². The molecule has 2 rings (SSSR count). The van der Waals surface area contributed by atoms with Gasteiger partial charge in [0.2, 0.25) is 0 Å². The van der Waals surface area contributed by atoms with Crippen LogP contribution < -0.4 is 0 Å². The first kappa shape index (κ1) is 13.6. The predicted octanol–water partition coefficient (Wildman–Crippen LogP) is 1.94. The van der Waals surface area contributed by atoms with Crippen molar-refractivity contribution < 1.29 is 19.8 Å². The Hall–Kier alpha value is -2.80. The zero-order valence-corrected chi connectivity index (χ0v) is 10.5. The molecule has 20 heavy (non-hydrogen) atoms. The molecule has 4 heteroatoms. The third-order valence-corrected chi connectivity index (χ3v) is 3.07. The number of rotatable bonds is 2. The second-order valence-corrected chi connectivity index (χ2v) is 4.35. The van der Waals surface area contributed by atoms with E-state index in [0.29, 0.717) is 5.56 Å². The molecule has 1 aliphatic carbocycles. The van der Waals surface area contributed by atoms with Crippen LogP contribution in [0.4, 0.5) is 0 Å².